The van der Waals surface area contributed by atoms with Crippen molar-refractivity contribution in [3.05, 3.63) is 47.8 Å². The summed E-state index contributed by atoms with van der Waals surface area (Å²) >= 11 is 1.48. The Balaban J connectivity index is 1.47. The number of nitrogen functional groups attached to an aromatic ring is 1. The van der Waals surface area contributed by atoms with Crippen LogP contribution in [0.15, 0.2) is 42.0 Å². The number of hydrogen-bond donors (Lipinski definition) is 3. The van der Waals surface area contributed by atoms with Crippen LogP contribution in [-0.2, 0) is 4.79 Å². The molecule has 1 aromatic heterocycles. The van der Waals surface area contributed by atoms with E-state index < -0.39 is 0 Å². The molecule has 4 N–H and O–H groups in total. The van der Waals surface area contributed by atoms with Gasteiger partial charge in [-0.3, -0.25) is 4.79 Å². The molecule has 0 spiro atoms. The number of allylic oxidation sites excluding steroid dienone is 1. The average Bonchev–Trinajstić information content (AvgIpc) is 2.73. The van der Waals surface area contributed by atoms with Crippen molar-refractivity contribution in [3.8, 4) is 0 Å². The zero-order valence-electron chi connectivity index (χ0n) is 16.7. The number of carbonyl (C=O) groups is 1. The van der Waals surface area contributed by atoms with E-state index in [1.54, 1.807) is 0 Å². The number of nitrogens with zero attached hydrogens (tertiary/aromatic N) is 3. The highest BCUT2D eigenvalue weighted by molar-refractivity contribution is 8.00. The minimum Gasteiger partial charge on any atom is -0.368 e. The third-order valence-corrected chi connectivity index (χ3v) is 5.82. The predicted octanol–water partition coefficient (Wildman–Crippen LogP) is 4.00. The van der Waals surface area contributed by atoms with Crippen molar-refractivity contribution in [2.75, 3.05) is 23.3 Å². The Morgan fingerprint density at radius 3 is 2.79 bits per heavy atom. The van der Waals surface area contributed by atoms with Gasteiger partial charge in [0.2, 0.25) is 17.8 Å². The first kappa shape index (κ1) is 21.1. The largest absolute Gasteiger partial charge is 0.368 e. The van der Waals surface area contributed by atoms with Gasteiger partial charge in [-0.25, -0.2) is 0 Å². The molecule has 1 heterocycles. The van der Waals surface area contributed by atoms with E-state index in [2.05, 4.69) is 31.7 Å². The summed E-state index contributed by atoms with van der Waals surface area (Å²) in [6, 6.07) is 9.64. The Morgan fingerprint density at radius 1 is 1.21 bits per heavy atom. The quantitative estimate of drug-likeness (QED) is 0.535. The van der Waals surface area contributed by atoms with Gasteiger partial charge in [0.25, 0.3) is 0 Å². The fourth-order valence-corrected chi connectivity index (χ4v) is 3.88. The van der Waals surface area contributed by atoms with Gasteiger partial charge in [-0.05, 0) is 51.2 Å². The van der Waals surface area contributed by atoms with Gasteiger partial charge in [0.1, 0.15) is 5.82 Å². The summed E-state index contributed by atoms with van der Waals surface area (Å²) < 4.78 is 0. The number of anilines is 3. The molecule has 7 nitrogen and oxygen atoms in total. The minimum absolute atomic E-state index is 0.0305. The molecule has 0 aliphatic heterocycles. The number of para-hydroxylation sites is 1. The van der Waals surface area contributed by atoms with Crippen molar-refractivity contribution in [1.29, 1.82) is 0 Å². The first-order valence-electron chi connectivity index (χ1n) is 10.00. The highest BCUT2D eigenvalue weighted by Crippen LogP contribution is 2.26. The number of aromatic nitrogens is 3. The highest BCUT2D eigenvalue weighted by Gasteiger charge is 2.15. The van der Waals surface area contributed by atoms with Gasteiger partial charge in [-0.2, -0.15) is 15.0 Å². The summed E-state index contributed by atoms with van der Waals surface area (Å²) in [5.41, 5.74) is 8.19. The molecule has 0 saturated heterocycles. The lowest BCUT2D eigenvalue weighted by Crippen LogP contribution is -2.26. The van der Waals surface area contributed by atoms with E-state index in [-0.39, 0.29) is 17.1 Å². The lowest BCUT2D eigenvalue weighted by Gasteiger charge is -2.14. The molecule has 1 aliphatic carbocycles. The fourth-order valence-electron chi connectivity index (χ4n) is 3.12. The highest BCUT2D eigenvalue weighted by atomic mass is 32.2. The van der Waals surface area contributed by atoms with Crippen molar-refractivity contribution >= 4 is 35.3 Å². The second kappa shape index (κ2) is 10.8. The second-order valence-corrected chi connectivity index (χ2v) is 8.36. The molecular formula is C21H28N6OS. The number of hydrogen-bond acceptors (Lipinski definition) is 7. The van der Waals surface area contributed by atoms with Crippen LogP contribution < -0.4 is 16.4 Å². The van der Waals surface area contributed by atoms with E-state index in [0.29, 0.717) is 24.1 Å². The molecular weight excluding hydrogens is 384 g/mol. The Labute approximate surface area is 176 Å². The number of nitrogens with two attached hydrogens (primary N) is 1. The molecule has 1 aromatic carbocycles. The normalized spacial score (nSPS) is 14.7. The molecule has 0 fully saturated rings. The Morgan fingerprint density at radius 2 is 2.03 bits per heavy atom. The summed E-state index contributed by atoms with van der Waals surface area (Å²) in [6.07, 6.45) is 8.16. The Bertz CT molecular complexity index is 842. The van der Waals surface area contributed by atoms with E-state index in [1.807, 2.05) is 37.3 Å². The van der Waals surface area contributed by atoms with Gasteiger partial charge in [0.05, 0.1) is 11.0 Å². The number of carbonyl (C=O) groups excluding carboxylic acids is 1. The molecule has 29 heavy (non-hydrogen) atoms. The minimum atomic E-state index is -0.0802. The fraction of sp³-hybridized carbons (Fsp3) is 0.429. The molecule has 0 saturated carbocycles. The van der Waals surface area contributed by atoms with Crippen LogP contribution in [0.3, 0.4) is 0 Å². The monoisotopic (exact) mass is 412 g/mol. The first-order chi connectivity index (χ1) is 14.1. The topological polar surface area (TPSA) is 106 Å². The number of thioether (sulfide) groups is 1. The third-order valence-electron chi connectivity index (χ3n) is 4.68. The maximum atomic E-state index is 12.2. The zero-order chi connectivity index (χ0) is 20.5. The third kappa shape index (κ3) is 7.05. The summed E-state index contributed by atoms with van der Waals surface area (Å²) in [7, 11) is 0. The van der Waals surface area contributed by atoms with Crippen LogP contribution in [0.2, 0.25) is 0 Å². The molecule has 1 aliphatic rings. The van der Waals surface area contributed by atoms with E-state index in [4.69, 9.17) is 5.73 Å². The predicted molar refractivity (Wildman–Crippen MR) is 119 cm³/mol. The number of amides is 1. The van der Waals surface area contributed by atoms with Crippen molar-refractivity contribution in [2.45, 2.75) is 44.3 Å². The maximum absolute atomic E-state index is 12.2. The van der Waals surface area contributed by atoms with E-state index in [1.165, 1.54) is 43.0 Å². The molecule has 0 radical (unpaired) electrons. The van der Waals surface area contributed by atoms with Gasteiger partial charge < -0.3 is 16.4 Å². The van der Waals surface area contributed by atoms with Crippen LogP contribution >= 0.6 is 11.8 Å². The maximum Gasteiger partial charge on any atom is 0.232 e. The van der Waals surface area contributed by atoms with Crippen LogP contribution in [0.25, 0.3) is 0 Å². The summed E-state index contributed by atoms with van der Waals surface area (Å²) in [5.74, 6) is 1.50. The molecule has 2 aromatic rings. The Kier molecular flexibility index (Phi) is 7.86. The molecule has 8 heteroatoms. The van der Waals surface area contributed by atoms with E-state index in [9.17, 15) is 4.79 Å². The van der Waals surface area contributed by atoms with Crippen LogP contribution in [0.1, 0.15) is 50.1 Å². The van der Waals surface area contributed by atoms with Gasteiger partial charge in [0.15, 0.2) is 0 Å². The van der Waals surface area contributed by atoms with Gasteiger partial charge >= 0.3 is 0 Å². The van der Waals surface area contributed by atoms with Gasteiger partial charge in [-0.1, -0.05) is 29.8 Å². The zero-order valence-corrected chi connectivity index (χ0v) is 17.5. The van der Waals surface area contributed by atoms with Crippen molar-refractivity contribution < 1.29 is 4.79 Å². The lowest BCUT2D eigenvalue weighted by molar-refractivity contribution is -0.118. The van der Waals surface area contributed by atoms with Crippen molar-refractivity contribution in [3.63, 3.8) is 0 Å². The van der Waals surface area contributed by atoms with Crippen LogP contribution in [0.4, 0.5) is 17.6 Å². The standard InChI is InChI=1S/C21H28N6OS/c1-15(29-14-18(28)23-13-12-16-8-4-2-5-9-16)19-25-20(22)27-21(26-19)24-17-10-6-3-7-11-17/h3,6-8,10-11,15H,2,4-5,9,12-14H2,1H3,(H,23,28)(H3,22,24,25,26,27). The van der Waals surface area contributed by atoms with Crippen LogP contribution in [0.5, 0.6) is 0 Å². The lowest BCUT2D eigenvalue weighted by atomic mass is 9.97. The van der Waals surface area contributed by atoms with Gasteiger partial charge in [-0.15, -0.1) is 11.8 Å². The SMILES string of the molecule is CC(SCC(=O)NCCC1=CCCCC1)c1nc(N)nc(Nc2ccccc2)n1. The Hall–Kier alpha value is -2.61. The van der Waals surface area contributed by atoms with E-state index >= 15 is 0 Å². The van der Waals surface area contributed by atoms with Gasteiger partial charge in [0, 0.05) is 12.2 Å². The molecule has 1 atom stereocenters. The second-order valence-electron chi connectivity index (χ2n) is 7.03. The molecule has 1 unspecified atom stereocenters. The number of rotatable bonds is 9. The number of benzene rings is 1. The van der Waals surface area contributed by atoms with Crippen molar-refractivity contribution in [2.24, 2.45) is 0 Å². The van der Waals surface area contributed by atoms with Crippen LogP contribution in [-0.4, -0.2) is 33.2 Å². The van der Waals surface area contributed by atoms with E-state index in [0.717, 1.165) is 12.1 Å². The number of nitrogens with one attached hydrogen (secondary N) is 2. The molecule has 154 valence electrons. The summed E-state index contributed by atoms with van der Waals surface area (Å²) in [4.78, 5) is 25.0. The van der Waals surface area contributed by atoms with Crippen molar-refractivity contribution in [1.82, 2.24) is 20.3 Å². The molecule has 0 bridgehead atoms. The molecule has 1 amide bonds. The van der Waals surface area contributed by atoms with Crippen LogP contribution in [0, 0.1) is 0 Å². The average molecular weight is 413 g/mol. The first-order valence-corrected chi connectivity index (χ1v) is 11.0. The summed E-state index contributed by atoms with van der Waals surface area (Å²) in [6.45, 7) is 2.66. The summed E-state index contributed by atoms with van der Waals surface area (Å²) in [5, 5.41) is 6.05. The molecule has 3 rings (SSSR count). The smallest absolute Gasteiger partial charge is 0.232 e.